The molecule has 0 bridgehead atoms. The Morgan fingerprint density at radius 3 is 1.41 bits per heavy atom. The van der Waals surface area contributed by atoms with Crippen LogP contribution in [-0.2, 0) is 16.2 Å². The molecule has 2 aliphatic carbocycles. The number of fused-ring (bicyclic) bond motifs is 6. The molecular weight excluding hydrogens is 673 g/mol. The highest BCUT2D eigenvalue weighted by molar-refractivity contribution is 6.25. The summed E-state index contributed by atoms with van der Waals surface area (Å²) in [6, 6.07) is 58.2. The first kappa shape index (κ1) is 33.4. The van der Waals surface area contributed by atoms with Gasteiger partial charge < -0.3 is 0 Å². The summed E-state index contributed by atoms with van der Waals surface area (Å²) in [6.45, 7) is 16.4. The summed E-state index contributed by atoms with van der Waals surface area (Å²) in [4.78, 5) is 0. The maximum absolute atomic E-state index is 2.46. The lowest BCUT2D eigenvalue weighted by molar-refractivity contribution is 0.591. The highest BCUT2D eigenvalue weighted by Gasteiger charge is 2.37. The van der Waals surface area contributed by atoms with E-state index in [9.17, 15) is 0 Å². The largest absolute Gasteiger partial charge is 0.0619 e. The molecule has 0 N–H and O–H groups in total. The average molecular weight is 719 g/mol. The third kappa shape index (κ3) is 4.65. The molecule has 0 fully saturated rings. The van der Waals surface area contributed by atoms with E-state index in [0.717, 1.165) is 0 Å². The van der Waals surface area contributed by atoms with Crippen LogP contribution in [0.5, 0.6) is 0 Å². The first-order valence-electron chi connectivity index (χ1n) is 20.2. The molecule has 0 aliphatic heterocycles. The van der Waals surface area contributed by atoms with Crippen molar-refractivity contribution in [2.24, 2.45) is 0 Å². The van der Waals surface area contributed by atoms with E-state index in [1.807, 2.05) is 0 Å². The second-order valence-electron chi connectivity index (χ2n) is 18.6. The van der Waals surface area contributed by atoms with Gasteiger partial charge in [-0.3, -0.25) is 0 Å². The van der Waals surface area contributed by atoms with Crippen LogP contribution in [0.2, 0.25) is 0 Å². The Morgan fingerprint density at radius 2 is 0.804 bits per heavy atom. The predicted molar refractivity (Wildman–Crippen MR) is 240 cm³/mol. The average Bonchev–Trinajstić information content (AvgIpc) is 3.57. The number of hydrogen-bond donors (Lipinski definition) is 0. The van der Waals surface area contributed by atoms with Crippen molar-refractivity contribution in [1.82, 2.24) is 0 Å². The normalized spacial score (nSPS) is 15.0. The van der Waals surface area contributed by atoms with Gasteiger partial charge in [-0.2, -0.15) is 0 Å². The molecular formula is C56H46. The van der Waals surface area contributed by atoms with E-state index in [1.165, 1.54) is 116 Å². The van der Waals surface area contributed by atoms with Gasteiger partial charge in [0, 0.05) is 10.8 Å². The monoisotopic (exact) mass is 718 g/mol. The Kier molecular flexibility index (Phi) is 6.73. The zero-order chi connectivity index (χ0) is 38.3. The van der Waals surface area contributed by atoms with Gasteiger partial charge >= 0.3 is 0 Å². The van der Waals surface area contributed by atoms with E-state index in [4.69, 9.17) is 0 Å². The number of hydrogen-bond acceptors (Lipinski definition) is 0. The van der Waals surface area contributed by atoms with E-state index < -0.39 is 0 Å². The van der Waals surface area contributed by atoms with Crippen LogP contribution in [0.25, 0.3) is 88.0 Å². The van der Waals surface area contributed by atoms with Crippen LogP contribution in [-0.4, -0.2) is 0 Å². The maximum Gasteiger partial charge on any atom is 0.0159 e. The van der Waals surface area contributed by atoms with Crippen molar-refractivity contribution in [2.45, 2.75) is 64.7 Å². The molecule has 0 amide bonds. The van der Waals surface area contributed by atoms with Crippen LogP contribution in [0.4, 0.5) is 0 Å². The maximum atomic E-state index is 2.46. The molecule has 56 heavy (non-hydrogen) atoms. The minimum absolute atomic E-state index is 0.0156. The topological polar surface area (TPSA) is 0 Å². The molecule has 9 aromatic rings. The minimum atomic E-state index is -0.126. The van der Waals surface area contributed by atoms with Crippen molar-refractivity contribution >= 4 is 32.3 Å². The van der Waals surface area contributed by atoms with Gasteiger partial charge in [-0.1, -0.05) is 176 Å². The molecule has 0 unspecified atom stereocenters. The van der Waals surface area contributed by atoms with E-state index in [-0.39, 0.29) is 16.2 Å². The summed E-state index contributed by atoms with van der Waals surface area (Å²) >= 11 is 0. The van der Waals surface area contributed by atoms with Gasteiger partial charge in [-0.15, -0.1) is 0 Å². The van der Waals surface area contributed by atoms with E-state index in [2.05, 4.69) is 200 Å². The van der Waals surface area contributed by atoms with Crippen LogP contribution in [0.15, 0.2) is 152 Å². The fourth-order valence-corrected chi connectivity index (χ4v) is 10.4. The van der Waals surface area contributed by atoms with Crippen molar-refractivity contribution in [1.29, 1.82) is 0 Å². The third-order valence-corrected chi connectivity index (χ3v) is 13.6. The fourth-order valence-electron chi connectivity index (χ4n) is 10.4. The van der Waals surface area contributed by atoms with E-state index in [0.29, 0.717) is 0 Å². The SMILES string of the molecule is CC(C)(C)c1cc2ccc3ccc(-c4cccc(-c5ccc6c(c5)C(C)(C)c5cc(-c7ccc8c(c7)C(C)(C)c7ccccc7-8)ccc5-6)c4)c4ccc(c1)c2c34. The fraction of sp³-hybridized carbons (Fsp3) is 0.179. The number of benzene rings is 9. The van der Waals surface area contributed by atoms with Gasteiger partial charge in [0.1, 0.15) is 0 Å². The molecule has 270 valence electrons. The Morgan fingerprint density at radius 1 is 0.339 bits per heavy atom. The lowest BCUT2D eigenvalue weighted by Gasteiger charge is -2.23. The summed E-state index contributed by atoms with van der Waals surface area (Å²) in [7, 11) is 0. The summed E-state index contributed by atoms with van der Waals surface area (Å²) in [6.07, 6.45) is 0. The van der Waals surface area contributed by atoms with Gasteiger partial charge in [0.05, 0.1) is 0 Å². The standard InChI is InChI=1S/C56H46/c1-54(2,3)41-28-39-16-15-33-17-22-42(47-26-21-40(29-41)52(39)53(33)47)38-12-10-11-34(27-38)35-18-24-45-46-25-20-37(32-51(46)56(6,7)50(45)30-35)36-19-23-44-43-13-8-9-14-48(43)55(4,5)49(44)31-36/h8-32H,1-7H3. The molecule has 0 atom stereocenters. The highest BCUT2D eigenvalue weighted by Crippen LogP contribution is 2.53. The van der Waals surface area contributed by atoms with Crippen molar-refractivity contribution in [3.63, 3.8) is 0 Å². The van der Waals surface area contributed by atoms with Crippen LogP contribution < -0.4 is 0 Å². The second kappa shape index (κ2) is 11.3. The van der Waals surface area contributed by atoms with Crippen LogP contribution in [0.1, 0.15) is 76.3 Å². The third-order valence-electron chi connectivity index (χ3n) is 13.6. The summed E-state index contributed by atoms with van der Waals surface area (Å²) < 4.78 is 0. The highest BCUT2D eigenvalue weighted by atomic mass is 14.4. The van der Waals surface area contributed by atoms with Crippen molar-refractivity contribution in [3.8, 4) is 55.6 Å². The summed E-state index contributed by atoms with van der Waals surface area (Å²) in [5, 5.41) is 8.02. The first-order valence-corrected chi connectivity index (χ1v) is 20.2. The van der Waals surface area contributed by atoms with Crippen molar-refractivity contribution in [3.05, 3.63) is 179 Å². The lowest BCUT2D eigenvalue weighted by Crippen LogP contribution is -2.15. The Balaban J connectivity index is 0.960. The smallest absolute Gasteiger partial charge is 0.0159 e. The van der Waals surface area contributed by atoms with E-state index >= 15 is 0 Å². The van der Waals surface area contributed by atoms with Gasteiger partial charge in [0.15, 0.2) is 0 Å². The van der Waals surface area contributed by atoms with Crippen LogP contribution in [0.3, 0.4) is 0 Å². The Hall–Kier alpha value is -5.98. The quantitative estimate of drug-likeness (QED) is 0.160. The van der Waals surface area contributed by atoms with Crippen molar-refractivity contribution in [2.75, 3.05) is 0 Å². The van der Waals surface area contributed by atoms with Gasteiger partial charge in [-0.05, 0) is 145 Å². The molecule has 11 rings (SSSR count). The molecule has 0 heterocycles. The first-order chi connectivity index (χ1) is 26.9. The Labute approximate surface area is 330 Å². The van der Waals surface area contributed by atoms with Gasteiger partial charge in [-0.25, -0.2) is 0 Å². The molecule has 9 aromatic carbocycles. The zero-order valence-electron chi connectivity index (χ0n) is 33.4. The zero-order valence-corrected chi connectivity index (χ0v) is 33.4. The van der Waals surface area contributed by atoms with E-state index in [1.54, 1.807) is 0 Å². The lowest BCUT2D eigenvalue weighted by atomic mass is 9.80. The predicted octanol–water partition coefficient (Wildman–Crippen LogP) is 15.5. The molecule has 0 saturated carbocycles. The number of rotatable bonds is 3. The summed E-state index contributed by atoms with van der Waals surface area (Å²) in [5.74, 6) is 0. The minimum Gasteiger partial charge on any atom is -0.0619 e. The molecule has 0 saturated heterocycles. The van der Waals surface area contributed by atoms with Crippen LogP contribution in [0, 0.1) is 0 Å². The molecule has 0 nitrogen and oxygen atoms in total. The molecule has 0 heteroatoms. The Bertz CT molecular complexity index is 3090. The van der Waals surface area contributed by atoms with Gasteiger partial charge in [0.2, 0.25) is 0 Å². The van der Waals surface area contributed by atoms with Gasteiger partial charge in [0.25, 0.3) is 0 Å². The molecule has 0 radical (unpaired) electrons. The van der Waals surface area contributed by atoms with Crippen LogP contribution >= 0.6 is 0 Å². The molecule has 0 spiro atoms. The second-order valence-corrected chi connectivity index (χ2v) is 18.6. The molecule has 0 aromatic heterocycles. The van der Waals surface area contributed by atoms with Crippen molar-refractivity contribution < 1.29 is 0 Å². The molecule has 2 aliphatic rings. The summed E-state index contributed by atoms with van der Waals surface area (Å²) in [5.41, 5.74) is 20.1.